The zero-order valence-electron chi connectivity index (χ0n) is 23.0. The summed E-state index contributed by atoms with van der Waals surface area (Å²) in [6.45, 7) is 4.48. The van der Waals surface area contributed by atoms with E-state index in [0.29, 0.717) is 18.5 Å². The van der Waals surface area contributed by atoms with Crippen molar-refractivity contribution >= 4 is 33.2 Å². The molecule has 10 nitrogen and oxygen atoms in total. The van der Waals surface area contributed by atoms with E-state index in [1.807, 2.05) is 17.7 Å². The summed E-state index contributed by atoms with van der Waals surface area (Å²) in [7, 11) is -3.73. The quantitative estimate of drug-likeness (QED) is 0.334. The zero-order chi connectivity index (χ0) is 29.7. The highest BCUT2D eigenvalue weighted by molar-refractivity contribution is 7.90. The van der Waals surface area contributed by atoms with Crippen LogP contribution in [0.15, 0.2) is 53.0 Å². The van der Waals surface area contributed by atoms with Crippen LogP contribution in [0.1, 0.15) is 52.9 Å². The zero-order valence-corrected chi connectivity index (χ0v) is 23.8. The molecule has 5 rings (SSSR count). The smallest absolute Gasteiger partial charge is 0.264 e. The Balaban J connectivity index is 0.000000224. The van der Waals surface area contributed by atoms with Crippen molar-refractivity contribution in [3.05, 3.63) is 48.1 Å². The third-order valence-electron chi connectivity index (χ3n) is 9.72. The number of carbonyl (C=O) groups is 3. The summed E-state index contributed by atoms with van der Waals surface area (Å²) in [6, 6.07) is 5.57. The molecule has 3 saturated carbocycles. The fourth-order valence-electron chi connectivity index (χ4n) is 7.81. The Morgan fingerprint density at radius 1 is 1.15 bits per heavy atom. The van der Waals surface area contributed by atoms with Crippen molar-refractivity contribution in [3.8, 4) is 0 Å². The summed E-state index contributed by atoms with van der Waals surface area (Å²) in [5.41, 5.74) is 4.31. The second kappa shape index (κ2) is 10.5. The van der Waals surface area contributed by atoms with Gasteiger partial charge in [0.1, 0.15) is 12.2 Å². The predicted octanol–water partition coefficient (Wildman–Crippen LogP) is 1.65. The number of ketones is 2. The van der Waals surface area contributed by atoms with Crippen LogP contribution in [-0.4, -0.2) is 59.5 Å². The van der Waals surface area contributed by atoms with Gasteiger partial charge in [0, 0.05) is 29.4 Å². The van der Waals surface area contributed by atoms with Crippen molar-refractivity contribution in [2.75, 3.05) is 12.3 Å². The first-order valence-corrected chi connectivity index (χ1v) is 14.9. The third kappa shape index (κ3) is 4.93. The van der Waals surface area contributed by atoms with Gasteiger partial charge in [0.2, 0.25) is 5.91 Å². The Bertz CT molecular complexity index is 1370. The fraction of sp³-hybridized carbons (Fsp3) is 0.552. The molecule has 0 bridgehead atoms. The van der Waals surface area contributed by atoms with Gasteiger partial charge in [-0.1, -0.05) is 25.5 Å². The number of benzene rings is 1. The van der Waals surface area contributed by atoms with Gasteiger partial charge in [-0.25, -0.2) is 13.1 Å². The highest BCUT2D eigenvalue weighted by Crippen LogP contribution is 2.67. The lowest BCUT2D eigenvalue weighted by molar-refractivity contribution is -0.178. The number of fused-ring (bicyclic) bond motifs is 5. The van der Waals surface area contributed by atoms with E-state index < -0.39 is 45.4 Å². The lowest BCUT2D eigenvalue weighted by Gasteiger charge is -2.59. The Morgan fingerprint density at radius 3 is 2.40 bits per heavy atom. The molecule has 0 heterocycles. The van der Waals surface area contributed by atoms with Gasteiger partial charge in [0.05, 0.1) is 11.0 Å². The van der Waals surface area contributed by atoms with Crippen molar-refractivity contribution in [2.45, 2.75) is 69.5 Å². The van der Waals surface area contributed by atoms with Gasteiger partial charge in [-0.15, -0.1) is 0 Å². The van der Waals surface area contributed by atoms with Crippen molar-refractivity contribution in [1.29, 1.82) is 0 Å². The molecule has 0 radical (unpaired) electrons. The number of rotatable bonds is 4. The molecule has 1 aromatic carbocycles. The summed E-state index contributed by atoms with van der Waals surface area (Å²) in [5, 5.41) is 31.7. The summed E-state index contributed by atoms with van der Waals surface area (Å²) in [5.74, 6) is -0.850. The number of hydrogen-bond acceptors (Lipinski definition) is 9. The van der Waals surface area contributed by atoms with Crippen LogP contribution in [0.25, 0.3) is 0 Å². The molecule has 1 aromatic rings. The molecule has 0 saturated heterocycles. The number of nitrogens with two attached hydrogens (primary N) is 1. The molecule has 7 atom stereocenters. The number of anilines is 1. The van der Waals surface area contributed by atoms with Crippen LogP contribution in [0.3, 0.4) is 0 Å². The molecule has 40 heavy (non-hydrogen) atoms. The number of amides is 1. The molecular formula is C29H38N2O8S. The largest absolute Gasteiger partial charge is 0.399 e. The van der Waals surface area contributed by atoms with Crippen molar-refractivity contribution in [3.63, 3.8) is 0 Å². The molecule has 6 N–H and O–H groups in total. The minimum atomic E-state index is -3.73. The Kier molecular flexibility index (Phi) is 7.92. The molecule has 1 unspecified atom stereocenters. The number of hydrogen-bond donors (Lipinski definition) is 5. The molecular weight excluding hydrogens is 536 g/mol. The number of allylic oxidation sites excluding steroid dienone is 4. The Labute approximate surface area is 234 Å². The normalized spacial score (nSPS) is 36.2. The van der Waals surface area contributed by atoms with Gasteiger partial charge in [0.15, 0.2) is 11.6 Å². The fourth-order valence-corrected chi connectivity index (χ4v) is 8.81. The highest BCUT2D eigenvalue weighted by atomic mass is 32.2. The van der Waals surface area contributed by atoms with Crippen LogP contribution < -0.4 is 10.5 Å². The van der Waals surface area contributed by atoms with E-state index in [1.165, 1.54) is 24.3 Å². The minimum absolute atomic E-state index is 0.00912. The number of sulfonamides is 1. The Hall–Kier alpha value is -2.86. The second-order valence-corrected chi connectivity index (χ2v) is 13.6. The average Bonchev–Trinajstić information content (AvgIpc) is 3.14. The predicted molar refractivity (Wildman–Crippen MR) is 147 cm³/mol. The van der Waals surface area contributed by atoms with Gasteiger partial charge in [0.25, 0.3) is 10.0 Å². The van der Waals surface area contributed by atoms with Crippen LogP contribution >= 0.6 is 0 Å². The first kappa shape index (κ1) is 30.1. The highest BCUT2D eigenvalue weighted by Gasteiger charge is 2.67. The molecule has 218 valence electrons. The van der Waals surface area contributed by atoms with Crippen molar-refractivity contribution in [2.24, 2.45) is 28.6 Å². The van der Waals surface area contributed by atoms with E-state index in [1.54, 1.807) is 12.2 Å². The summed E-state index contributed by atoms with van der Waals surface area (Å²) in [6.07, 6.45) is 7.68. The lowest BCUT2D eigenvalue weighted by atomic mass is 9.46. The monoisotopic (exact) mass is 574 g/mol. The van der Waals surface area contributed by atoms with Gasteiger partial charge >= 0.3 is 0 Å². The van der Waals surface area contributed by atoms with Crippen LogP contribution in [0.2, 0.25) is 0 Å². The molecule has 3 fully saturated rings. The maximum Gasteiger partial charge on any atom is 0.264 e. The number of nitrogens with one attached hydrogen (secondary N) is 1. The van der Waals surface area contributed by atoms with Crippen LogP contribution in [0.4, 0.5) is 5.69 Å². The van der Waals surface area contributed by atoms with Crippen LogP contribution in [0, 0.1) is 28.6 Å². The summed E-state index contributed by atoms with van der Waals surface area (Å²) in [4.78, 5) is 34.8. The molecule has 11 heteroatoms. The van der Waals surface area contributed by atoms with Crippen LogP contribution in [-0.2, 0) is 24.4 Å². The van der Waals surface area contributed by atoms with E-state index in [-0.39, 0.29) is 33.8 Å². The summed E-state index contributed by atoms with van der Waals surface area (Å²) < 4.78 is 24.6. The average molecular weight is 575 g/mol. The van der Waals surface area contributed by atoms with Crippen LogP contribution in [0.5, 0.6) is 0 Å². The number of nitrogen functional groups attached to an aromatic ring is 1. The maximum atomic E-state index is 12.4. The third-order valence-corrected chi connectivity index (χ3v) is 11.2. The van der Waals surface area contributed by atoms with E-state index in [0.717, 1.165) is 31.8 Å². The number of aliphatic hydroxyl groups excluding tert-OH is 2. The van der Waals surface area contributed by atoms with Crippen molar-refractivity contribution in [1.82, 2.24) is 4.72 Å². The lowest BCUT2D eigenvalue weighted by Crippen LogP contribution is -2.61. The topological polar surface area (TPSA) is 184 Å². The molecule has 0 aromatic heterocycles. The standard InChI is InChI=1S/C21H28O5.C8H10N2O3S/c1-19-7-5-13(23)9-12(19)3-4-14-15-6-8-21(26,17(25)11-22)20(15,2)10-16(24)18(14)19;1-6(11)10-14(12,13)8-4-2-7(9)3-5-8/h5,7,9,14-16,18,22,24,26H,3-4,6,8,10-11H2,1-2H3;2-5H,9H2,1H3,(H,10,11)/t14-,15+,16-,18?,19-,20-,21-;/m0./s1. The molecule has 0 aliphatic heterocycles. The molecule has 4 aliphatic carbocycles. The van der Waals surface area contributed by atoms with Gasteiger partial charge in [-0.2, -0.15) is 0 Å². The van der Waals surface area contributed by atoms with Gasteiger partial charge < -0.3 is 21.1 Å². The Morgan fingerprint density at radius 2 is 1.80 bits per heavy atom. The molecule has 1 amide bonds. The minimum Gasteiger partial charge on any atom is -0.399 e. The maximum absolute atomic E-state index is 12.4. The molecule has 0 spiro atoms. The number of carbonyl (C=O) groups excluding carboxylic acids is 3. The van der Waals surface area contributed by atoms with E-state index >= 15 is 0 Å². The van der Waals surface area contributed by atoms with Gasteiger partial charge in [-0.3, -0.25) is 14.4 Å². The molecule has 4 aliphatic rings. The van der Waals surface area contributed by atoms with E-state index in [4.69, 9.17) is 5.73 Å². The first-order chi connectivity index (χ1) is 18.6. The van der Waals surface area contributed by atoms with E-state index in [9.17, 15) is 38.1 Å². The van der Waals surface area contributed by atoms with E-state index in [2.05, 4.69) is 6.92 Å². The number of Topliss-reactive ketones (excluding diaryl/α,β-unsaturated/α-hetero) is 1. The second-order valence-electron chi connectivity index (χ2n) is 11.9. The van der Waals surface area contributed by atoms with Gasteiger partial charge in [-0.05, 0) is 80.4 Å². The summed E-state index contributed by atoms with van der Waals surface area (Å²) >= 11 is 0. The SMILES string of the molecule is CC(=O)NS(=O)(=O)c1ccc(N)cc1.C[C@]12C=CC(=O)C=C1CC[C@@H]1C2[C@@H](O)C[C@@]2(C)[C@@H]1CC[C@]2(O)C(=O)CO. The first-order valence-electron chi connectivity index (χ1n) is 13.5. The van der Waals surface area contributed by atoms with Crippen molar-refractivity contribution < 1.29 is 38.1 Å². The number of aliphatic hydroxyl groups is 3.